The summed E-state index contributed by atoms with van der Waals surface area (Å²) in [6.07, 6.45) is -13.3. The molecule has 0 bridgehead atoms. The molecule has 0 aliphatic heterocycles. The molecule has 0 heterocycles. The van der Waals surface area contributed by atoms with Gasteiger partial charge in [0.05, 0.1) is 6.61 Å². The van der Waals surface area contributed by atoms with Gasteiger partial charge in [-0.2, -0.15) is 35.1 Å². The van der Waals surface area contributed by atoms with Crippen LogP contribution in [0.4, 0.5) is 39.5 Å². The molecule has 0 radical (unpaired) electrons. The molecule has 1 unspecified atom stereocenters. The molecule has 0 aliphatic carbocycles. The summed E-state index contributed by atoms with van der Waals surface area (Å²) in [5.74, 6) is -6.69. The van der Waals surface area contributed by atoms with E-state index in [1.807, 2.05) is 0 Å². The number of halogens is 10. The Morgan fingerprint density at radius 1 is 0.870 bits per heavy atom. The zero-order valence-electron chi connectivity index (χ0n) is 11.1. The summed E-state index contributed by atoms with van der Waals surface area (Å²) in [7, 11) is 1.11. The fourth-order valence-electron chi connectivity index (χ4n) is 1.82. The highest BCUT2D eigenvalue weighted by atomic mass is 79.9. The van der Waals surface area contributed by atoms with Crippen molar-refractivity contribution >= 4 is 15.9 Å². The summed E-state index contributed by atoms with van der Waals surface area (Å²) in [5, 5.41) is 0. The first-order valence-corrected chi connectivity index (χ1v) is 6.47. The quantitative estimate of drug-likeness (QED) is 0.585. The van der Waals surface area contributed by atoms with Crippen molar-refractivity contribution in [2.24, 2.45) is 0 Å². The lowest BCUT2D eigenvalue weighted by Gasteiger charge is -2.36. The predicted molar refractivity (Wildman–Crippen MR) is 64.7 cm³/mol. The summed E-state index contributed by atoms with van der Waals surface area (Å²) < 4.78 is 121. The standard InChI is InChI=1S/C12H8BrF9O/c1-23-5-6-2-7(4-8(13)3-6)9(14,11(17,18)19)10(15,16)12(20,21)22/h2-4H,5H2,1H3. The smallest absolute Gasteiger partial charge is 0.380 e. The van der Waals surface area contributed by atoms with Gasteiger partial charge in [0.25, 0.3) is 0 Å². The number of ether oxygens (including phenoxy) is 1. The van der Waals surface area contributed by atoms with Crippen LogP contribution in [-0.2, 0) is 17.0 Å². The molecule has 1 atom stereocenters. The van der Waals surface area contributed by atoms with Crippen LogP contribution in [-0.4, -0.2) is 25.4 Å². The van der Waals surface area contributed by atoms with Crippen LogP contribution >= 0.6 is 15.9 Å². The molecule has 0 aromatic heterocycles. The molecule has 0 amide bonds. The first-order valence-electron chi connectivity index (χ1n) is 5.67. The lowest BCUT2D eigenvalue weighted by atomic mass is 9.87. The highest BCUT2D eigenvalue weighted by Gasteiger charge is 2.81. The van der Waals surface area contributed by atoms with Crippen molar-refractivity contribution in [2.75, 3.05) is 7.11 Å². The first kappa shape index (κ1) is 20.1. The molecule has 1 aromatic rings. The van der Waals surface area contributed by atoms with Gasteiger partial charge in [-0.15, -0.1) is 0 Å². The van der Waals surface area contributed by atoms with Crippen molar-refractivity contribution in [3.05, 3.63) is 33.8 Å². The van der Waals surface area contributed by atoms with Gasteiger partial charge in [-0.3, -0.25) is 0 Å². The van der Waals surface area contributed by atoms with Crippen molar-refractivity contribution in [1.29, 1.82) is 0 Å². The van der Waals surface area contributed by atoms with Crippen LogP contribution in [0.15, 0.2) is 22.7 Å². The first-order chi connectivity index (χ1) is 10.2. The Hall–Kier alpha value is -0.970. The van der Waals surface area contributed by atoms with Crippen molar-refractivity contribution in [3.63, 3.8) is 0 Å². The number of alkyl halides is 9. The molecule has 11 heteroatoms. The largest absolute Gasteiger partial charge is 0.457 e. The maximum Gasteiger partial charge on any atom is 0.457 e. The number of rotatable bonds is 4. The van der Waals surface area contributed by atoms with Gasteiger partial charge in [0.15, 0.2) is 0 Å². The second-order valence-corrected chi connectivity index (χ2v) is 5.43. The molecular weight excluding hydrogens is 411 g/mol. The Bertz CT molecular complexity index is 567. The molecule has 0 saturated heterocycles. The van der Waals surface area contributed by atoms with Gasteiger partial charge in [0.2, 0.25) is 0 Å². The van der Waals surface area contributed by atoms with Crippen LogP contribution in [0.5, 0.6) is 0 Å². The van der Waals surface area contributed by atoms with E-state index >= 15 is 0 Å². The maximum atomic E-state index is 14.2. The number of hydrogen-bond donors (Lipinski definition) is 0. The molecule has 0 fully saturated rings. The highest BCUT2D eigenvalue weighted by molar-refractivity contribution is 9.10. The second kappa shape index (κ2) is 6.15. The van der Waals surface area contributed by atoms with E-state index < -0.39 is 36.1 Å². The summed E-state index contributed by atoms with van der Waals surface area (Å²) >= 11 is 2.64. The maximum absolute atomic E-state index is 14.2. The van der Waals surface area contributed by atoms with E-state index in [0.717, 1.165) is 13.2 Å². The van der Waals surface area contributed by atoms with Gasteiger partial charge < -0.3 is 4.74 Å². The Balaban J connectivity index is 3.69. The summed E-state index contributed by atoms with van der Waals surface area (Å²) in [6, 6.07) is 1.56. The van der Waals surface area contributed by atoms with Gasteiger partial charge in [-0.25, -0.2) is 4.39 Å². The minimum absolute atomic E-state index is 0.215. The van der Waals surface area contributed by atoms with E-state index in [0.29, 0.717) is 0 Å². The third kappa shape index (κ3) is 3.44. The van der Waals surface area contributed by atoms with Crippen LogP contribution in [0.1, 0.15) is 11.1 Å². The van der Waals surface area contributed by atoms with Crippen LogP contribution in [0.25, 0.3) is 0 Å². The molecule has 1 nitrogen and oxygen atoms in total. The molecule has 0 N–H and O–H groups in total. The van der Waals surface area contributed by atoms with Gasteiger partial charge in [-0.1, -0.05) is 15.9 Å². The topological polar surface area (TPSA) is 9.23 Å². The Labute approximate surface area is 132 Å². The predicted octanol–water partition coefficient (Wildman–Crippen LogP) is 5.52. The van der Waals surface area contributed by atoms with Gasteiger partial charge >= 0.3 is 23.9 Å². The average molecular weight is 419 g/mol. The molecule has 23 heavy (non-hydrogen) atoms. The summed E-state index contributed by atoms with van der Waals surface area (Å²) in [5.41, 5.74) is -8.06. The Morgan fingerprint density at radius 3 is 1.78 bits per heavy atom. The van der Waals surface area contributed by atoms with Crippen LogP contribution in [0.2, 0.25) is 0 Å². The second-order valence-electron chi connectivity index (χ2n) is 4.51. The summed E-state index contributed by atoms with van der Waals surface area (Å²) in [6.45, 7) is -0.419. The molecule has 1 aromatic carbocycles. The van der Waals surface area contributed by atoms with E-state index in [1.165, 1.54) is 0 Å². The molecule has 0 saturated carbocycles. The molecule has 0 aliphatic rings. The average Bonchev–Trinajstić information content (AvgIpc) is 2.34. The lowest BCUT2D eigenvalue weighted by Crippen LogP contribution is -2.59. The van der Waals surface area contributed by atoms with Crippen LogP contribution < -0.4 is 0 Å². The summed E-state index contributed by atoms with van der Waals surface area (Å²) in [4.78, 5) is 0. The Morgan fingerprint density at radius 2 is 1.39 bits per heavy atom. The normalized spacial score (nSPS) is 16.3. The van der Waals surface area contributed by atoms with E-state index in [4.69, 9.17) is 0 Å². The zero-order chi connectivity index (χ0) is 18.3. The van der Waals surface area contributed by atoms with Crippen LogP contribution in [0.3, 0.4) is 0 Å². The monoisotopic (exact) mass is 418 g/mol. The molecule has 132 valence electrons. The third-order valence-electron chi connectivity index (χ3n) is 2.85. The minimum atomic E-state index is -6.75. The fraction of sp³-hybridized carbons (Fsp3) is 0.500. The van der Waals surface area contributed by atoms with E-state index in [-0.39, 0.29) is 22.2 Å². The van der Waals surface area contributed by atoms with E-state index in [1.54, 1.807) is 0 Å². The van der Waals surface area contributed by atoms with Crippen LogP contribution in [0, 0.1) is 0 Å². The van der Waals surface area contributed by atoms with E-state index in [2.05, 4.69) is 20.7 Å². The molecule has 0 spiro atoms. The fourth-order valence-corrected chi connectivity index (χ4v) is 2.36. The van der Waals surface area contributed by atoms with Gasteiger partial charge in [0, 0.05) is 17.1 Å². The van der Waals surface area contributed by atoms with Crippen molar-refractivity contribution in [3.8, 4) is 0 Å². The molecular formula is C12H8BrF9O. The lowest BCUT2D eigenvalue weighted by molar-refractivity contribution is -0.389. The van der Waals surface area contributed by atoms with Crippen molar-refractivity contribution in [1.82, 2.24) is 0 Å². The third-order valence-corrected chi connectivity index (χ3v) is 3.30. The number of benzene rings is 1. The number of methoxy groups -OCH3 is 1. The van der Waals surface area contributed by atoms with Gasteiger partial charge in [0.1, 0.15) is 0 Å². The highest BCUT2D eigenvalue weighted by Crippen LogP contribution is 2.58. The number of hydrogen-bond acceptors (Lipinski definition) is 1. The minimum Gasteiger partial charge on any atom is -0.380 e. The van der Waals surface area contributed by atoms with Gasteiger partial charge in [-0.05, 0) is 23.8 Å². The van der Waals surface area contributed by atoms with E-state index in [9.17, 15) is 39.5 Å². The zero-order valence-corrected chi connectivity index (χ0v) is 12.7. The SMILES string of the molecule is COCc1cc(Br)cc(C(F)(C(F)(F)F)C(F)(F)C(F)(F)F)c1. The Kier molecular flexibility index (Phi) is 5.37. The van der Waals surface area contributed by atoms with Crippen molar-refractivity contribution < 1.29 is 44.3 Å². The van der Waals surface area contributed by atoms with Crippen molar-refractivity contribution in [2.45, 2.75) is 30.6 Å². The molecule has 1 rings (SSSR count).